The van der Waals surface area contributed by atoms with Crippen molar-refractivity contribution < 1.29 is 9.21 Å². The Labute approximate surface area is 148 Å². The lowest BCUT2D eigenvalue weighted by Crippen LogP contribution is -2.14. The standard InChI is InChI=1S/C18H14N6O2/c1-10-16(15(8-19)23-24(10)2)18(25)20-12-3-4-14-13(7-12)17(22-21-14)11-5-6-26-9-11/h3-7,9H,1-2H3,(H,20,25)(H,21,22). The first-order chi connectivity index (χ1) is 12.6. The maximum Gasteiger partial charge on any atom is 0.260 e. The predicted octanol–water partition coefficient (Wildman–Crippen LogP) is 2.99. The van der Waals surface area contributed by atoms with Gasteiger partial charge in [-0.05, 0) is 31.2 Å². The Morgan fingerprint density at radius 3 is 2.96 bits per heavy atom. The molecule has 4 aromatic rings. The molecule has 26 heavy (non-hydrogen) atoms. The first-order valence-electron chi connectivity index (χ1n) is 7.84. The highest BCUT2D eigenvalue weighted by molar-refractivity contribution is 6.07. The SMILES string of the molecule is Cc1c(C(=O)Nc2ccc3[nH]nc(-c4ccoc4)c3c2)c(C#N)nn1C. The smallest absolute Gasteiger partial charge is 0.260 e. The van der Waals surface area contributed by atoms with E-state index in [4.69, 9.17) is 4.42 Å². The number of amides is 1. The second-order valence-electron chi connectivity index (χ2n) is 5.84. The number of nitrogens with one attached hydrogen (secondary N) is 2. The first kappa shape index (κ1) is 15.7. The fraction of sp³-hybridized carbons (Fsp3) is 0.111. The van der Waals surface area contributed by atoms with E-state index < -0.39 is 0 Å². The minimum atomic E-state index is -0.375. The fourth-order valence-corrected chi connectivity index (χ4v) is 2.86. The van der Waals surface area contributed by atoms with Crippen LogP contribution in [-0.4, -0.2) is 25.9 Å². The molecule has 0 fully saturated rings. The Morgan fingerprint density at radius 1 is 1.38 bits per heavy atom. The number of carbonyl (C=O) groups is 1. The van der Waals surface area contributed by atoms with Crippen LogP contribution in [0.2, 0.25) is 0 Å². The summed E-state index contributed by atoms with van der Waals surface area (Å²) in [7, 11) is 1.70. The van der Waals surface area contributed by atoms with Crippen molar-refractivity contribution >= 4 is 22.5 Å². The van der Waals surface area contributed by atoms with Gasteiger partial charge in [-0.25, -0.2) is 0 Å². The molecule has 4 rings (SSSR count). The van der Waals surface area contributed by atoms with Crippen molar-refractivity contribution in [1.29, 1.82) is 5.26 Å². The number of nitriles is 1. The van der Waals surface area contributed by atoms with Crippen molar-refractivity contribution in [2.24, 2.45) is 7.05 Å². The van der Waals surface area contributed by atoms with Gasteiger partial charge in [-0.1, -0.05) is 0 Å². The summed E-state index contributed by atoms with van der Waals surface area (Å²) in [6, 6.07) is 9.22. The number of H-pyrrole nitrogens is 1. The Balaban J connectivity index is 1.71. The molecule has 8 heteroatoms. The molecular weight excluding hydrogens is 332 g/mol. The van der Waals surface area contributed by atoms with Crippen LogP contribution in [0.5, 0.6) is 0 Å². The molecule has 0 spiro atoms. The molecule has 128 valence electrons. The molecule has 2 N–H and O–H groups in total. The lowest BCUT2D eigenvalue weighted by atomic mass is 10.1. The quantitative estimate of drug-likeness (QED) is 0.592. The Hall–Kier alpha value is -3.86. The molecule has 0 saturated carbocycles. The van der Waals surface area contributed by atoms with E-state index in [2.05, 4.69) is 20.6 Å². The Morgan fingerprint density at radius 2 is 2.23 bits per heavy atom. The summed E-state index contributed by atoms with van der Waals surface area (Å²) in [6.45, 7) is 1.75. The summed E-state index contributed by atoms with van der Waals surface area (Å²) in [6.07, 6.45) is 3.19. The van der Waals surface area contributed by atoms with Crippen molar-refractivity contribution in [3.63, 3.8) is 0 Å². The zero-order valence-electron chi connectivity index (χ0n) is 14.1. The minimum Gasteiger partial charge on any atom is -0.472 e. The van der Waals surface area contributed by atoms with Crippen molar-refractivity contribution in [3.05, 3.63) is 53.7 Å². The molecule has 0 radical (unpaired) electrons. The molecule has 0 aliphatic rings. The van der Waals surface area contributed by atoms with Crippen molar-refractivity contribution in [1.82, 2.24) is 20.0 Å². The van der Waals surface area contributed by atoms with Gasteiger partial charge in [0.25, 0.3) is 5.91 Å². The van der Waals surface area contributed by atoms with E-state index in [-0.39, 0.29) is 17.2 Å². The van der Waals surface area contributed by atoms with Gasteiger partial charge in [-0.15, -0.1) is 0 Å². The van der Waals surface area contributed by atoms with Crippen LogP contribution in [0, 0.1) is 18.3 Å². The number of aryl methyl sites for hydroxylation is 1. The summed E-state index contributed by atoms with van der Waals surface area (Å²) >= 11 is 0. The maximum absolute atomic E-state index is 12.7. The molecular formula is C18H14N6O2. The largest absolute Gasteiger partial charge is 0.472 e. The van der Waals surface area contributed by atoms with Gasteiger partial charge in [0.1, 0.15) is 11.8 Å². The molecule has 0 saturated heterocycles. The second-order valence-corrected chi connectivity index (χ2v) is 5.84. The zero-order valence-corrected chi connectivity index (χ0v) is 14.1. The van der Waals surface area contributed by atoms with Crippen LogP contribution in [0.15, 0.2) is 41.2 Å². The normalized spacial score (nSPS) is 10.8. The third-order valence-electron chi connectivity index (χ3n) is 4.28. The van der Waals surface area contributed by atoms with Gasteiger partial charge in [-0.2, -0.15) is 15.5 Å². The average Bonchev–Trinajstić information content (AvgIpc) is 3.34. The van der Waals surface area contributed by atoms with E-state index in [1.165, 1.54) is 4.68 Å². The number of aromatic nitrogens is 4. The van der Waals surface area contributed by atoms with Crippen LogP contribution in [0.3, 0.4) is 0 Å². The van der Waals surface area contributed by atoms with E-state index in [0.29, 0.717) is 11.4 Å². The highest BCUT2D eigenvalue weighted by Crippen LogP contribution is 2.29. The monoisotopic (exact) mass is 346 g/mol. The van der Waals surface area contributed by atoms with Crippen LogP contribution in [0.1, 0.15) is 21.7 Å². The number of hydrogen-bond donors (Lipinski definition) is 2. The number of furan rings is 1. The third-order valence-corrected chi connectivity index (χ3v) is 4.28. The van der Waals surface area contributed by atoms with Gasteiger partial charge < -0.3 is 9.73 Å². The molecule has 1 amide bonds. The van der Waals surface area contributed by atoms with Gasteiger partial charge >= 0.3 is 0 Å². The maximum atomic E-state index is 12.7. The van der Waals surface area contributed by atoms with E-state index in [1.807, 2.05) is 24.3 Å². The van der Waals surface area contributed by atoms with Gasteiger partial charge in [0.05, 0.1) is 23.6 Å². The van der Waals surface area contributed by atoms with Gasteiger partial charge in [0, 0.05) is 29.4 Å². The molecule has 0 unspecified atom stereocenters. The van der Waals surface area contributed by atoms with Crippen molar-refractivity contribution in [2.75, 3.05) is 5.32 Å². The molecule has 0 bridgehead atoms. The number of anilines is 1. The predicted molar refractivity (Wildman–Crippen MR) is 94.4 cm³/mol. The molecule has 0 aliphatic carbocycles. The van der Waals surface area contributed by atoms with E-state index in [1.54, 1.807) is 32.6 Å². The van der Waals surface area contributed by atoms with Crippen LogP contribution in [-0.2, 0) is 7.05 Å². The topological polar surface area (TPSA) is 113 Å². The second kappa shape index (κ2) is 5.89. The average molecular weight is 346 g/mol. The van der Waals surface area contributed by atoms with Gasteiger partial charge in [-0.3, -0.25) is 14.6 Å². The number of hydrogen-bond acceptors (Lipinski definition) is 5. The Bertz CT molecular complexity index is 1160. The summed E-state index contributed by atoms with van der Waals surface area (Å²) in [5, 5.41) is 24.2. The fourth-order valence-electron chi connectivity index (χ4n) is 2.86. The Kier molecular flexibility index (Phi) is 3.55. The highest BCUT2D eigenvalue weighted by Gasteiger charge is 2.20. The van der Waals surface area contributed by atoms with Crippen LogP contribution >= 0.6 is 0 Å². The van der Waals surface area contributed by atoms with Gasteiger partial charge in [0.2, 0.25) is 0 Å². The van der Waals surface area contributed by atoms with E-state index in [9.17, 15) is 10.1 Å². The van der Waals surface area contributed by atoms with E-state index in [0.717, 1.165) is 22.2 Å². The molecule has 8 nitrogen and oxygen atoms in total. The molecule has 0 aliphatic heterocycles. The van der Waals surface area contributed by atoms with Crippen LogP contribution in [0.25, 0.3) is 22.2 Å². The number of nitrogens with zero attached hydrogens (tertiary/aromatic N) is 4. The third kappa shape index (κ3) is 2.43. The number of benzene rings is 1. The number of fused-ring (bicyclic) bond motifs is 1. The van der Waals surface area contributed by atoms with E-state index >= 15 is 0 Å². The van der Waals surface area contributed by atoms with Crippen LogP contribution < -0.4 is 5.32 Å². The lowest BCUT2D eigenvalue weighted by Gasteiger charge is -2.06. The van der Waals surface area contributed by atoms with Crippen LogP contribution in [0.4, 0.5) is 5.69 Å². The number of rotatable bonds is 3. The molecule has 3 heterocycles. The number of aromatic amines is 1. The molecule has 3 aromatic heterocycles. The first-order valence-corrected chi connectivity index (χ1v) is 7.84. The number of carbonyl (C=O) groups excluding carboxylic acids is 1. The van der Waals surface area contributed by atoms with Crippen molar-refractivity contribution in [2.45, 2.75) is 6.92 Å². The summed E-state index contributed by atoms with van der Waals surface area (Å²) < 4.78 is 6.63. The minimum absolute atomic E-state index is 0.103. The summed E-state index contributed by atoms with van der Waals surface area (Å²) in [5.74, 6) is -0.375. The molecule has 1 aromatic carbocycles. The van der Waals surface area contributed by atoms with Crippen molar-refractivity contribution in [3.8, 4) is 17.3 Å². The molecule has 0 atom stereocenters. The lowest BCUT2D eigenvalue weighted by molar-refractivity contribution is 0.102. The summed E-state index contributed by atoms with van der Waals surface area (Å²) in [4.78, 5) is 12.7. The highest BCUT2D eigenvalue weighted by atomic mass is 16.3. The zero-order chi connectivity index (χ0) is 18.3. The van der Waals surface area contributed by atoms with Gasteiger partial charge in [0.15, 0.2) is 5.69 Å². The summed E-state index contributed by atoms with van der Waals surface area (Å²) in [5.41, 5.74) is 4.02.